The summed E-state index contributed by atoms with van der Waals surface area (Å²) < 4.78 is 17.0. The molecule has 1 atom stereocenters. The van der Waals surface area contributed by atoms with Crippen LogP contribution in [-0.2, 0) is 22.4 Å². The van der Waals surface area contributed by atoms with E-state index in [1.54, 1.807) is 6.92 Å². The number of carbonyl (C=O) groups excluding carboxylic acids is 1. The van der Waals surface area contributed by atoms with Crippen LogP contribution in [0.4, 0.5) is 0 Å². The number of rotatable bonds is 7. The fourth-order valence-corrected chi connectivity index (χ4v) is 3.08. The Morgan fingerprint density at radius 1 is 1.43 bits per heavy atom. The van der Waals surface area contributed by atoms with Gasteiger partial charge >= 0.3 is 5.97 Å². The van der Waals surface area contributed by atoms with E-state index in [-0.39, 0.29) is 5.97 Å². The molecule has 1 aliphatic rings. The molecule has 23 heavy (non-hydrogen) atoms. The highest BCUT2D eigenvalue weighted by atomic mass is 79.9. The van der Waals surface area contributed by atoms with Gasteiger partial charge in [0.15, 0.2) is 0 Å². The molecule has 1 aromatic rings. The first kappa shape index (κ1) is 18.1. The highest BCUT2D eigenvalue weighted by molar-refractivity contribution is 9.09. The van der Waals surface area contributed by atoms with Gasteiger partial charge < -0.3 is 14.2 Å². The second kappa shape index (κ2) is 8.04. The van der Waals surface area contributed by atoms with E-state index < -0.39 is 5.60 Å². The average Bonchev–Trinajstić information content (AvgIpc) is 2.56. The maximum atomic E-state index is 12.1. The summed E-state index contributed by atoms with van der Waals surface area (Å²) in [5.74, 6) is 1.35. The molecule has 4 nitrogen and oxygen atoms in total. The predicted molar refractivity (Wildman–Crippen MR) is 93.7 cm³/mol. The molecule has 1 heterocycles. The molecular formula is C18H25BrO4. The van der Waals surface area contributed by atoms with Crippen molar-refractivity contribution in [2.24, 2.45) is 0 Å². The zero-order valence-corrected chi connectivity index (χ0v) is 15.7. The summed E-state index contributed by atoms with van der Waals surface area (Å²) in [6.45, 7) is 4.59. The lowest BCUT2D eigenvalue weighted by Crippen LogP contribution is -2.45. The fraction of sp³-hybridized carbons (Fsp3) is 0.611. The lowest BCUT2D eigenvalue weighted by molar-refractivity contribution is -0.159. The SMILES string of the molecule is CCCc1c(OCCCBr)ccc2c1OC(C)(C(=O)OC)CC2. The maximum absolute atomic E-state index is 12.1. The van der Waals surface area contributed by atoms with Gasteiger partial charge in [0.25, 0.3) is 0 Å². The minimum absolute atomic E-state index is 0.323. The van der Waals surface area contributed by atoms with Gasteiger partial charge in [-0.1, -0.05) is 35.3 Å². The zero-order valence-electron chi connectivity index (χ0n) is 14.1. The maximum Gasteiger partial charge on any atom is 0.349 e. The van der Waals surface area contributed by atoms with Gasteiger partial charge in [0, 0.05) is 17.3 Å². The van der Waals surface area contributed by atoms with Gasteiger partial charge in [-0.3, -0.25) is 0 Å². The lowest BCUT2D eigenvalue weighted by Gasteiger charge is -2.34. The normalized spacial score (nSPS) is 19.7. The minimum Gasteiger partial charge on any atom is -0.493 e. The fourth-order valence-electron chi connectivity index (χ4n) is 2.85. The Morgan fingerprint density at radius 2 is 2.22 bits per heavy atom. The van der Waals surface area contributed by atoms with Crippen LogP contribution in [0.15, 0.2) is 12.1 Å². The number of carbonyl (C=O) groups is 1. The van der Waals surface area contributed by atoms with Crippen molar-refractivity contribution < 1.29 is 19.0 Å². The van der Waals surface area contributed by atoms with Crippen molar-refractivity contribution >= 4 is 21.9 Å². The zero-order chi connectivity index (χ0) is 16.9. The second-order valence-corrected chi connectivity index (χ2v) is 6.79. The van der Waals surface area contributed by atoms with Gasteiger partial charge in [-0.15, -0.1) is 0 Å². The number of alkyl halides is 1. The molecule has 0 amide bonds. The molecule has 0 radical (unpaired) electrons. The summed E-state index contributed by atoms with van der Waals surface area (Å²) in [5.41, 5.74) is 1.29. The molecule has 0 saturated carbocycles. The van der Waals surface area contributed by atoms with E-state index in [0.29, 0.717) is 13.0 Å². The number of hydrogen-bond donors (Lipinski definition) is 0. The van der Waals surface area contributed by atoms with Crippen LogP contribution < -0.4 is 9.47 Å². The number of methoxy groups -OCH3 is 1. The number of ether oxygens (including phenoxy) is 3. The van der Waals surface area contributed by atoms with Gasteiger partial charge in [-0.2, -0.15) is 0 Å². The van der Waals surface area contributed by atoms with Crippen LogP contribution in [0.2, 0.25) is 0 Å². The molecule has 128 valence electrons. The van der Waals surface area contributed by atoms with E-state index >= 15 is 0 Å². The van der Waals surface area contributed by atoms with Crippen LogP contribution >= 0.6 is 15.9 Å². The number of aryl methyl sites for hydroxylation is 1. The molecule has 1 aromatic carbocycles. The van der Waals surface area contributed by atoms with E-state index in [1.165, 1.54) is 7.11 Å². The number of benzene rings is 1. The third-order valence-electron chi connectivity index (χ3n) is 4.15. The van der Waals surface area contributed by atoms with Crippen molar-refractivity contribution in [3.63, 3.8) is 0 Å². The van der Waals surface area contributed by atoms with Gasteiger partial charge in [-0.05, 0) is 37.8 Å². The van der Waals surface area contributed by atoms with E-state index in [1.807, 2.05) is 6.07 Å². The molecule has 2 rings (SSSR count). The summed E-state index contributed by atoms with van der Waals surface area (Å²) in [7, 11) is 1.40. The molecule has 0 aromatic heterocycles. The van der Waals surface area contributed by atoms with Crippen LogP contribution in [0, 0.1) is 0 Å². The van der Waals surface area contributed by atoms with Crippen LogP contribution in [0.5, 0.6) is 11.5 Å². The largest absolute Gasteiger partial charge is 0.493 e. The number of hydrogen-bond acceptors (Lipinski definition) is 4. The molecule has 0 fully saturated rings. The molecule has 0 spiro atoms. The van der Waals surface area contributed by atoms with Crippen molar-refractivity contribution in [1.29, 1.82) is 0 Å². The number of esters is 1. The summed E-state index contributed by atoms with van der Waals surface area (Å²) in [6, 6.07) is 4.08. The summed E-state index contributed by atoms with van der Waals surface area (Å²) in [6.07, 6.45) is 4.23. The number of fused-ring (bicyclic) bond motifs is 1. The first-order valence-electron chi connectivity index (χ1n) is 8.16. The highest BCUT2D eigenvalue weighted by Gasteiger charge is 2.41. The van der Waals surface area contributed by atoms with Crippen LogP contribution in [0.3, 0.4) is 0 Å². The number of halogens is 1. The van der Waals surface area contributed by atoms with Gasteiger partial charge in [0.1, 0.15) is 11.5 Å². The average molecular weight is 385 g/mol. The Kier molecular flexibility index (Phi) is 6.33. The molecule has 0 saturated heterocycles. The van der Waals surface area contributed by atoms with Crippen molar-refractivity contribution in [2.45, 2.75) is 51.6 Å². The van der Waals surface area contributed by atoms with Crippen molar-refractivity contribution in [1.82, 2.24) is 0 Å². The summed E-state index contributed by atoms with van der Waals surface area (Å²) in [5, 5.41) is 0.915. The van der Waals surface area contributed by atoms with Crippen LogP contribution in [0.25, 0.3) is 0 Å². The van der Waals surface area contributed by atoms with Gasteiger partial charge in [0.05, 0.1) is 13.7 Å². The van der Waals surface area contributed by atoms with Crippen LogP contribution in [0.1, 0.15) is 44.2 Å². The minimum atomic E-state index is -0.918. The molecule has 5 heteroatoms. The molecule has 0 aliphatic carbocycles. The van der Waals surface area contributed by atoms with Crippen molar-refractivity contribution in [3.8, 4) is 11.5 Å². The van der Waals surface area contributed by atoms with Crippen LogP contribution in [-0.4, -0.2) is 30.6 Å². The van der Waals surface area contributed by atoms with E-state index in [9.17, 15) is 4.79 Å². The quantitative estimate of drug-likeness (QED) is 0.403. The molecular weight excluding hydrogens is 360 g/mol. The van der Waals surface area contributed by atoms with E-state index in [0.717, 1.165) is 53.6 Å². The van der Waals surface area contributed by atoms with E-state index in [4.69, 9.17) is 14.2 Å². The molecule has 0 bridgehead atoms. The summed E-state index contributed by atoms with van der Waals surface area (Å²) >= 11 is 3.41. The monoisotopic (exact) mass is 384 g/mol. The van der Waals surface area contributed by atoms with Gasteiger partial charge in [-0.25, -0.2) is 4.79 Å². The van der Waals surface area contributed by atoms with Crippen molar-refractivity contribution in [3.05, 3.63) is 23.3 Å². The van der Waals surface area contributed by atoms with Gasteiger partial charge in [0.2, 0.25) is 5.60 Å². The van der Waals surface area contributed by atoms with E-state index in [2.05, 4.69) is 28.9 Å². The second-order valence-electron chi connectivity index (χ2n) is 6.00. The standard InChI is InChI=1S/C18H25BrO4/c1-4-6-14-15(22-12-5-11-19)8-7-13-9-10-18(2,17(20)21-3)23-16(13)14/h7-8H,4-6,9-12H2,1-3H3. The topological polar surface area (TPSA) is 44.8 Å². The highest BCUT2D eigenvalue weighted by Crippen LogP contribution is 2.41. The smallest absolute Gasteiger partial charge is 0.349 e. The molecule has 0 N–H and O–H groups in total. The Morgan fingerprint density at radius 3 is 2.87 bits per heavy atom. The Balaban J connectivity index is 2.34. The first-order valence-corrected chi connectivity index (χ1v) is 9.28. The Labute approximate surface area is 146 Å². The molecule has 1 aliphatic heterocycles. The Hall–Kier alpha value is -1.23. The third-order valence-corrected chi connectivity index (χ3v) is 4.71. The third kappa shape index (κ3) is 4.00. The summed E-state index contributed by atoms with van der Waals surface area (Å²) in [4.78, 5) is 12.1. The Bertz CT molecular complexity index is 558. The van der Waals surface area contributed by atoms with Crippen molar-refractivity contribution in [2.75, 3.05) is 19.0 Å². The lowest BCUT2D eigenvalue weighted by atomic mass is 9.90. The molecule has 1 unspecified atom stereocenters. The predicted octanol–water partition coefficient (Wildman–Crippen LogP) is 4.06. The first-order chi connectivity index (χ1) is 11.1.